The predicted octanol–water partition coefficient (Wildman–Crippen LogP) is 1.78. The van der Waals surface area contributed by atoms with Crippen molar-refractivity contribution in [1.82, 2.24) is 0 Å². The van der Waals surface area contributed by atoms with Crippen molar-refractivity contribution >= 4 is 19.8 Å². The third-order valence-corrected chi connectivity index (χ3v) is 1.92. The summed E-state index contributed by atoms with van der Waals surface area (Å²) in [6, 6.07) is 0. The third-order valence-electron chi connectivity index (χ3n) is 1.21. The fraction of sp³-hybridized carbons (Fsp3) is 0.250. The van der Waals surface area contributed by atoms with E-state index in [0.717, 1.165) is 0 Å². The number of alkyl halides is 2. The monoisotopic (exact) mass is 253 g/mol. The Morgan fingerprint density at radius 1 is 1.06 bits per heavy atom. The number of rotatable bonds is 8. The van der Waals surface area contributed by atoms with Crippen LogP contribution in [0.4, 0.5) is 8.78 Å². The van der Waals surface area contributed by atoms with Gasteiger partial charge in [-0.2, -0.15) is 0 Å². The predicted molar refractivity (Wildman–Crippen MR) is 50.0 cm³/mol. The second-order valence-electron chi connectivity index (χ2n) is 2.28. The largest absolute Gasteiger partial charge is 0.704 e. The number of halogens is 2. The maximum atomic E-state index is 12.6. The maximum absolute atomic E-state index is 12.6. The molecule has 88 valence electrons. The van der Waals surface area contributed by atoms with E-state index < -0.39 is 32.5 Å². The van der Waals surface area contributed by atoms with Gasteiger partial charge in [0.2, 0.25) is 11.6 Å². The fourth-order valence-electron chi connectivity index (χ4n) is 0.465. The second kappa shape index (κ2) is 7.05. The zero-order valence-electron chi connectivity index (χ0n) is 7.97. The molecule has 8 heteroatoms. The summed E-state index contributed by atoms with van der Waals surface area (Å²) in [7, 11) is -3.27. The topological polar surface area (TPSA) is 69.7 Å². The Bertz CT molecular complexity index is 300. The van der Waals surface area contributed by atoms with Crippen LogP contribution in [0.1, 0.15) is 0 Å². The smallest absolute Gasteiger partial charge is 0.289 e. The van der Waals surface area contributed by atoms with E-state index in [1.54, 1.807) is 0 Å². The van der Waals surface area contributed by atoms with Gasteiger partial charge in [-0.1, -0.05) is 22.2 Å². The van der Waals surface area contributed by atoms with Crippen molar-refractivity contribution in [3.63, 3.8) is 0 Å². The van der Waals surface area contributed by atoms with E-state index in [1.807, 2.05) is 0 Å². The van der Waals surface area contributed by atoms with Gasteiger partial charge in [-0.05, 0) is 12.2 Å². The molecule has 0 radical (unpaired) electrons. The highest BCUT2D eigenvalue weighted by molar-refractivity contribution is 7.33. The van der Waals surface area contributed by atoms with Crippen LogP contribution < -0.4 is 0 Å². The van der Waals surface area contributed by atoms with Crippen LogP contribution in [0.5, 0.6) is 0 Å². The molecule has 0 saturated heterocycles. The van der Waals surface area contributed by atoms with Crippen molar-refractivity contribution in [2.45, 2.75) is 12.7 Å². The molecule has 0 aromatic heterocycles. The summed E-state index contributed by atoms with van der Waals surface area (Å²) in [6.45, 7) is 5.89. The summed E-state index contributed by atoms with van der Waals surface area (Å²) in [5.74, 6) is -2.39. The lowest BCUT2D eigenvalue weighted by atomic mass is 10.4. The van der Waals surface area contributed by atoms with Gasteiger partial charge in [-0.15, -0.1) is 0 Å². The van der Waals surface area contributed by atoms with Crippen LogP contribution in [0, 0.1) is 0 Å². The number of carbonyl (C=O) groups excluding carboxylic acids is 2. The highest BCUT2D eigenvalue weighted by atomic mass is 31.1. The van der Waals surface area contributed by atoms with Gasteiger partial charge in [-0.25, -0.2) is 8.78 Å². The third kappa shape index (κ3) is 4.97. The molecule has 0 N–H and O–H groups in total. The quantitative estimate of drug-likeness (QED) is 0.487. The Morgan fingerprint density at radius 2 is 1.38 bits per heavy atom. The van der Waals surface area contributed by atoms with E-state index in [1.165, 1.54) is 0 Å². The zero-order valence-corrected chi connectivity index (χ0v) is 8.86. The van der Waals surface area contributed by atoms with Crippen LogP contribution in [-0.2, 0) is 23.2 Å². The van der Waals surface area contributed by atoms with Crippen molar-refractivity contribution in [1.29, 1.82) is 0 Å². The Morgan fingerprint density at radius 3 is 1.62 bits per heavy atom. The molecule has 0 fully saturated rings. The Labute approximate surface area is 90.7 Å². The lowest BCUT2D eigenvalue weighted by Crippen LogP contribution is -2.17. The SMILES string of the molecule is C=CC(=O)C(F)O[P+](=O)OC(F)C(=O)C=C. The first-order valence-corrected chi connectivity index (χ1v) is 4.93. The van der Waals surface area contributed by atoms with Crippen LogP contribution in [0.15, 0.2) is 25.3 Å². The summed E-state index contributed by atoms with van der Waals surface area (Å²) in [5, 5.41) is 0. The van der Waals surface area contributed by atoms with Crippen molar-refractivity contribution < 1.29 is 32.0 Å². The number of hydrogen-bond donors (Lipinski definition) is 0. The molecule has 16 heavy (non-hydrogen) atoms. The Balaban J connectivity index is 4.18. The van der Waals surface area contributed by atoms with E-state index in [2.05, 4.69) is 22.2 Å². The van der Waals surface area contributed by atoms with E-state index in [0.29, 0.717) is 12.2 Å². The van der Waals surface area contributed by atoms with E-state index in [4.69, 9.17) is 0 Å². The zero-order chi connectivity index (χ0) is 12.7. The number of ketones is 2. The van der Waals surface area contributed by atoms with Crippen LogP contribution in [-0.4, -0.2) is 24.3 Å². The van der Waals surface area contributed by atoms with Crippen molar-refractivity contribution in [2.75, 3.05) is 0 Å². The second-order valence-corrected chi connectivity index (χ2v) is 3.15. The minimum Gasteiger partial charge on any atom is -0.289 e. The molecule has 0 aliphatic heterocycles. The standard InChI is InChI=1S/C8H8F2O5P/c1-3-5(11)7(9)14-16(13)15-8(10)6(12)4-2/h3-4,7-8H,1-2H2/q+1. The van der Waals surface area contributed by atoms with Gasteiger partial charge >= 0.3 is 21.0 Å². The van der Waals surface area contributed by atoms with E-state index in [9.17, 15) is 22.9 Å². The summed E-state index contributed by atoms with van der Waals surface area (Å²) in [5.41, 5.74) is 0. The first-order valence-electron chi connectivity index (χ1n) is 3.84. The molecule has 0 aromatic rings. The molecule has 0 amide bonds. The van der Waals surface area contributed by atoms with Crippen molar-refractivity contribution in [3.8, 4) is 0 Å². The average Bonchev–Trinajstić information content (AvgIpc) is 2.26. The number of hydrogen-bond acceptors (Lipinski definition) is 5. The molecule has 5 nitrogen and oxygen atoms in total. The molecule has 2 unspecified atom stereocenters. The highest BCUT2D eigenvalue weighted by Gasteiger charge is 2.36. The summed E-state index contributed by atoms with van der Waals surface area (Å²) in [6.07, 6.45) is -3.97. The van der Waals surface area contributed by atoms with Gasteiger partial charge in [0.15, 0.2) is 0 Å². The molecular formula is C8H8F2O5P+. The number of carbonyl (C=O) groups is 2. The summed E-state index contributed by atoms with van der Waals surface area (Å²) < 4.78 is 43.7. The lowest BCUT2D eigenvalue weighted by molar-refractivity contribution is -0.131. The van der Waals surface area contributed by atoms with E-state index in [-0.39, 0.29) is 0 Å². The molecule has 0 aliphatic rings. The lowest BCUT2D eigenvalue weighted by Gasteiger charge is -1.96. The molecule has 0 aromatic carbocycles. The maximum Gasteiger partial charge on any atom is 0.704 e. The molecular weight excluding hydrogens is 245 g/mol. The Hall–Kier alpha value is -1.30. The van der Waals surface area contributed by atoms with Crippen LogP contribution in [0.3, 0.4) is 0 Å². The molecule has 0 spiro atoms. The van der Waals surface area contributed by atoms with Crippen molar-refractivity contribution in [3.05, 3.63) is 25.3 Å². The van der Waals surface area contributed by atoms with Crippen LogP contribution >= 0.6 is 8.25 Å². The first-order chi connectivity index (χ1) is 7.42. The summed E-state index contributed by atoms with van der Waals surface area (Å²) in [4.78, 5) is 21.1. The van der Waals surface area contributed by atoms with Gasteiger partial charge in [0.25, 0.3) is 0 Å². The molecule has 0 bridgehead atoms. The first kappa shape index (κ1) is 14.7. The minimum absolute atomic E-state index is 0.593. The average molecular weight is 253 g/mol. The Kier molecular flexibility index (Phi) is 6.48. The molecule has 0 saturated carbocycles. The van der Waals surface area contributed by atoms with Gasteiger partial charge in [0, 0.05) is 4.57 Å². The molecule has 2 atom stereocenters. The molecule has 0 heterocycles. The highest BCUT2D eigenvalue weighted by Crippen LogP contribution is 2.29. The minimum atomic E-state index is -3.27. The normalized spacial score (nSPS) is 14.8. The van der Waals surface area contributed by atoms with Crippen molar-refractivity contribution in [2.24, 2.45) is 0 Å². The van der Waals surface area contributed by atoms with Gasteiger partial charge < -0.3 is 0 Å². The fourth-order valence-corrected chi connectivity index (χ4v) is 1.02. The van der Waals surface area contributed by atoms with Gasteiger partial charge in [0.05, 0.1) is 0 Å². The van der Waals surface area contributed by atoms with Crippen LogP contribution in [0.25, 0.3) is 0 Å². The summed E-state index contributed by atoms with van der Waals surface area (Å²) >= 11 is 0. The van der Waals surface area contributed by atoms with E-state index >= 15 is 0 Å². The van der Waals surface area contributed by atoms with Gasteiger partial charge in [0.1, 0.15) is 0 Å². The van der Waals surface area contributed by atoms with Crippen LogP contribution in [0.2, 0.25) is 0 Å². The van der Waals surface area contributed by atoms with Gasteiger partial charge in [-0.3, -0.25) is 9.59 Å². The molecule has 0 aliphatic carbocycles. The molecule has 0 rings (SSSR count).